The van der Waals surface area contributed by atoms with Gasteiger partial charge in [0.05, 0.1) is 6.20 Å². The number of fused-ring (bicyclic) bond motifs is 2. The van der Waals surface area contributed by atoms with Gasteiger partial charge in [-0.1, -0.05) is 12.1 Å². The summed E-state index contributed by atoms with van der Waals surface area (Å²) in [6.07, 6.45) is 5.54. The molecule has 0 saturated carbocycles. The molecule has 2 heterocycles. The number of rotatable bonds is 4. The monoisotopic (exact) mass is 299 g/mol. The van der Waals surface area contributed by atoms with Gasteiger partial charge in [-0.2, -0.15) is 5.10 Å². The zero-order valence-corrected chi connectivity index (χ0v) is 12.8. The van der Waals surface area contributed by atoms with Crippen molar-refractivity contribution in [2.45, 2.75) is 45.3 Å². The third-order valence-electron chi connectivity index (χ3n) is 4.58. The summed E-state index contributed by atoms with van der Waals surface area (Å²) in [5.41, 5.74) is 3.91. The van der Waals surface area contributed by atoms with E-state index in [1.54, 1.807) is 0 Å². The molecule has 116 valence electrons. The number of hydrogen-bond donors (Lipinski definition) is 1. The van der Waals surface area contributed by atoms with E-state index in [4.69, 9.17) is 9.47 Å². The van der Waals surface area contributed by atoms with Crippen molar-refractivity contribution in [1.29, 1.82) is 0 Å². The van der Waals surface area contributed by atoms with Crippen LogP contribution in [-0.4, -0.2) is 16.6 Å². The summed E-state index contributed by atoms with van der Waals surface area (Å²) < 4.78 is 13.1. The van der Waals surface area contributed by atoms with E-state index in [9.17, 15) is 0 Å². The van der Waals surface area contributed by atoms with Crippen molar-refractivity contribution in [3.8, 4) is 11.5 Å². The normalized spacial score (nSPS) is 19.2. The van der Waals surface area contributed by atoms with Crippen LogP contribution in [0.5, 0.6) is 11.5 Å². The fourth-order valence-corrected chi connectivity index (χ4v) is 3.47. The van der Waals surface area contributed by atoms with Crippen molar-refractivity contribution < 1.29 is 9.47 Å². The Labute approximate surface area is 130 Å². The quantitative estimate of drug-likeness (QED) is 0.943. The van der Waals surface area contributed by atoms with Crippen molar-refractivity contribution >= 4 is 0 Å². The molecule has 4 rings (SSSR count). The topological polar surface area (TPSA) is 48.3 Å². The van der Waals surface area contributed by atoms with Crippen molar-refractivity contribution in [3.05, 3.63) is 41.2 Å². The molecule has 1 aromatic carbocycles. The highest BCUT2D eigenvalue weighted by Crippen LogP contribution is 2.36. The number of ether oxygens (including phenoxy) is 2. The lowest BCUT2D eigenvalue weighted by molar-refractivity contribution is 0.173. The predicted octanol–water partition coefficient (Wildman–Crippen LogP) is 2.80. The molecular weight excluding hydrogens is 278 g/mol. The van der Waals surface area contributed by atoms with Crippen molar-refractivity contribution in [1.82, 2.24) is 15.1 Å². The maximum absolute atomic E-state index is 5.58. The maximum Gasteiger partial charge on any atom is 0.231 e. The lowest BCUT2D eigenvalue weighted by Crippen LogP contribution is -2.25. The van der Waals surface area contributed by atoms with E-state index in [0.29, 0.717) is 12.8 Å². The number of nitrogens with one attached hydrogen (secondary N) is 1. The number of hydrogen-bond acceptors (Lipinski definition) is 4. The molecule has 0 spiro atoms. The van der Waals surface area contributed by atoms with E-state index in [1.165, 1.54) is 17.7 Å². The largest absolute Gasteiger partial charge is 0.454 e. The Kier molecular flexibility index (Phi) is 3.50. The minimum atomic E-state index is 0.323. The molecule has 1 atom stereocenters. The van der Waals surface area contributed by atoms with Crippen LogP contribution < -0.4 is 14.8 Å². The Morgan fingerprint density at radius 2 is 2.32 bits per heavy atom. The summed E-state index contributed by atoms with van der Waals surface area (Å²) in [5.74, 6) is 1.73. The van der Waals surface area contributed by atoms with Crippen LogP contribution >= 0.6 is 0 Å². The molecule has 5 heteroatoms. The lowest BCUT2D eigenvalue weighted by Gasteiger charge is -2.24. The number of nitrogens with zero attached hydrogens (tertiary/aromatic N) is 2. The van der Waals surface area contributed by atoms with Crippen LogP contribution in [0.4, 0.5) is 0 Å². The maximum atomic E-state index is 5.58. The van der Waals surface area contributed by atoms with E-state index < -0.39 is 0 Å². The predicted molar refractivity (Wildman–Crippen MR) is 83.0 cm³/mol. The molecule has 22 heavy (non-hydrogen) atoms. The van der Waals surface area contributed by atoms with Crippen LogP contribution in [0.1, 0.15) is 42.6 Å². The van der Waals surface area contributed by atoms with Gasteiger partial charge >= 0.3 is 0 Å². The summed E-state index contributed by atoms with van der Waals surface area (Å²) in [6.45, 7) is 4.20. The van der Waals surface area contributed by atoms with Gasteiger partial charge in [0.25, 0.3) is 0 Å². The number of aryl methyl sites for hydroxylation is 1. The first-order chi connectivity index (χ1) is 10.9. The van der Waals surface area contributed by atoms with E-state index in [2.05, 4.69) is 28.1 Å². The second-order valence-corrected chi connectivity index (χ2v) is 5.84. The van der Waals surface area contributed by atoms with E-state index in [0.717, 1.165) is 43.0 Å². The van der Waals surface area contributed by atoms with Gasteiger partial charge in [0.15, 0.2) is 11.5 Å². The zero-order valence-electron chi connectivity index (χ0n) is 12.8. The molecule has 0 fully saturated rings. The van der Waals surface area contributed by atoms with Crippen LogP contribution in [0, 0.1) is 0 Å². The van der Waals surface area contributed by atoms with E-state index in [-0.39, 0.29) is 0 Å². The minimum absolute atomic E-state index is 0.323. The van der Waals surface area contributed by atoms with Gasteiger partial charge in [0, 0.05) is 36.0 Å². The summed E-state index contributed by atoms with van der Waals surface area (Å²) in [5, 5.41) is 8.18. The average Bonchev–Trinajstić information content (AvgIpc) is 3.19. The molecule has 0 bridgehead atoms. The molecule has 1 aliphatic carbocycles. The Morgan fingerprint density at radius 1 is 1.36 bits per heavy atom. The Morgan fingerprint density at radius 3 is 3.23 bits per heavy atom. The van der Waals surface area contributed by atoms with Crippen LogP contribution in [0.15, 0.2) is 24.4 Å². The van der Waals surface area contributed by atoms with Gasteiger partial charge in [0.1, 0.15) is 0 Å². The SMILES string of the molecule is CCn1ncc2c1CCC[C@H]2NCc1cccc2c1OCO2. The summed E-state index contributed by atoms with van der Waals surface area (Å²) in [4.78, 5) is 0. The van der Waals surface area contributed by atoms with Gasteiger partial charge in [-0.25, -0.2) is 0 Å². The Bertz CT molecular complexity index is 681. The molecule has 2 aliphatic rings. The molecule has 0 saturated heterocycles. The van der Waals surface area contributed by atoms with Crippen molar-refractivity contribution in [2.24, 2.45) is 0 Å². The molecule has 1 aromatic heterocycles. The molecule has 5 nitrogen and oxygen atoms in total. The van der Waals surface area contributed by atoms with E-state index >= 15 is 0 Å². The summed E-state index contributed by atoms with van der Waals surface area (Å²) in [7, 11) is 0. The first-order valence-corrected chi connectivity index (χ1v) is 8.02. The number of aromatic nitrogens is 2. The number of benzene rings is 1. The first kappa shape index (κ1) is 13.6. The lowest BCUT2D eigenvalue weighted by atomic mass is 9.92. The van der Waals surface area contributed by atoms with Crippen LogP contribution in [0.2, 0.25) is 0 Å². The second-order valence-electron chi connectivity index (χ2n) is 5.84. The highest BCUT2D eigenvalue weighted by Gasteiger charge is 2.24. The molecule has 0 unspecified atom stereocenters. The van der Waals surface area contributed by atoms with Crippen molar-refractivity contribution in [3.63, 3.8) is 0 Å². The van der Waals surface area contributed by atoms with Gasteiger partial charge in [0.2, 0.25) is 6.79 Å². The first-order valence-electron chi connectivity index (χ1n) is 8.02. The number of para-hydroxylation sites is 1. The zero-order chi connectivity index (χ0) is 14.9. The fourth-order valence-electron chi connectivity index (χ4n) is 3.47. The summed E-state index contributed by atoms with van der Waals surface area (Å²) in [6, 6.07) is 6.45. The average molecular weight is 299 g/mol. The standard InChI is InChI=1S/C17H21N3O2/c1-2-20-15-7-4-6-14(13(15)10-19-20)18-9-12-5-3-8-16-17(12)22-11-21-16/h3,5,8,10,14,18H,2,4,6-7,9,11H2,1H3/t14-/m1/s1. The Balaban J connectivity index is 1.52. The third-order valence-corrected chi connectivity index (χ3v) is 4.58. The highest BCUT2D eigenvalue weighted by atomic mass is 16.7. The fraction of sp³-hybridized carbons (Fsp3) is 0.471. The molecule has 1 aliphatic heterocycles. The summed E-state index contributed by atoms with van der Waals surface area (Å²) >= 11 is 0. The minimum Gasteiger partial charge on any atom is -0.454 e. The third kappa shape index (κ3) is 2.25. The van der Waals surface area contributed by atoms with Gasteiger partial charge in [-0.15, -0.1) is 0 Å². The van der Waals surface area contributed by atoms with E-state index in [1.807, 2.05) is 18.3 Å². The van der Waals surface area contributed by atoms with Crippen LogP contribution in [0.25, 0.3) is 0 Å². The Hall–Kier alpha value is -2.01. The van der Waals surface area contributed by atoms with Crippen molar-refractivity contribution in [2.75, 3.05) is 6.79 Å². The molecule has 0 radical (unpaired) electrons. The smallest absolute Gasteiger partial charge is 0.231 e. The van der Waals surface area contributed by atoms with Gasteiger partial charge in [-0.3, -0.25) is 4.68 Å². The molecule has 0 amide bonds. The van der Waals surface area contributed by atoms with Crippen LogP contribution in [0.3, 0.4) is 0 Å². The van der Waals surface area contributed by atoms with Gasteiger partial charge in [-0.05, 0) is 32.3 Å². The van der Waals surface area contributed by atoms with Gasteiger partial charge < -0.3 is 14.8 Å². The second kappa shape index (κ2) is 5.65. The highest BCUT2D eigenvalue weighted by molar-refractivity contribution is 5.48. The molecular formula is C17H21N3O2. The van der Waals surface area contributed by atoms with Crippen LogP contribution in [-0.2, 0) is 19.5 Å². The molecule has 2 aromatic rings. The molecule has 1 N–H and O–H groups in total.